The third kappa shape index (κ3) is 4.36. The predicted octanol–water partition coefficient (Wildman–Crippen LogP) is 4.70. The van der Waals surface area contributed by atoms with E-state index in [1.54, 1.807) is 13.2 Å². The van der Waals surface area contributed by atoms with Gasteiger partial charge in [-0.15, -0.1) is 0 Å². The SMILES string of the molecule is COc1ccc(CN2CCN(c3ccc(Cl)c(C(F)(F)F)n3)CC2)c(C)c1C. The van der Waals surface area contributed by atoms with Crippen LogP contribution in [-0.2, 0) is 12.7 Å². The number of hydrogen-bond donors (Lipinski definition) is 0. The summed E-state index contributed by atoms with van der Waals surface area (Å²) in [6.07, 6.45) is -4.56. The maximum absolute atomic E-state index is 13.0. The summed E-state index contributed by atoms with van der Waals surface area (Å²) in [5, 5.41) is -0.375. The molecule has 0 bridgehead atoms. The molecule has 8 heteroatoms. The van der Waals surface area contributed by atoms with Gasteiger partial charge in [-0.3, -0.25) is 4.90 Å². The first-order valence-corrected chi connectivity index (χ1v) is 9.42. The summed E-state index contributed by atoms with van der Waals surface area (Å²) in [5.41, 5.74) is 2.54. The van der Waals surface area contributed by atoms with Crippen molar-refractivity contribution in [1.82, 2.24) is 9.88 Å². The second-order valence-electron chi connectivity index (χ2n) is 6.94. The predicted molar refractivity (Wildman–Crippen MR) is 104 cm³/mol. The van der Waals surface area contributed by atoms with Gasteiger partial charge in [0.15, 0.2) is 5.69 Å². The van der Waals surface area contributed by atoms with Gasteiger partial charge in [0.05, 0.1) is 12.1 Å². The van der Waals surface area contributed by atoms with E-state index in [0.29, 0.717) is 18.9 Å². The fourth-order valence-corrected chi connectivity index (χ4v) is 3.64. The smallest absolute Gasteiger partial charge is 0.434 e. The van der Waals surface area contributed by atoms with Gasteiger partial charge in [0.1, 0.15) is 11.6 Å². The molecular weight excluding hydrogens is 391 g/mol. The van der Waals surface area contributed by atoms with Crippen molar-refractivity contribution in [3.05, 3.63) is 51.7 Å². The van der Waals surface area contributed by atoms with Gasteiger partial charge in [0, 0.05) is 32.7 Å². The van der Waals surface area contributed by atoms with Crippen LogP contribution in [0.3, 0.4) is 0 Å². The lowest BCUT2D eigenvalue weighted by molar-refractivity contribution is -0.141. The van der Waals surface area contributed by atoms with Crippen LogP contribution in [0, 0.1) is 13.8 Å². The molecule has 1 aliphatic heterocycles. The molecule has 1 aromatic carbocycles. The number of nitrogens with zero attached hydrogens (tertiary/aromatic N) is 3. The molecule has 0 unspecified atom stereocenters. The first-order valence-electron chi connectivity index (χ1n) is 9.05. The quantitative estimate of drug-likeness (QED) is 0.726. The number of aromatic nitrogens is 1. The second kappa shape index (κ2) is 8.17. The maximum atomic E-state index is 13.0. The summed E-state index contributed by atoms with van der Waals surface area (Å²) in [4.78, 5) is 7.92. The van der Waals surface area contributed by atoms with Crippen LogP contribution in [0.4, 0.5) is 19.0 Å². The fourth-order valence-electron chi connectivity index (χ4n) is 3.43. The number of rotatable bonds is 4. The summed E-state index contributed by atoms with van der Waals surface area (Å²) in [6.45, 7) is 7.64. The Hall–Kier alpha value is -1.99. The Morgan fingerprint density at radius 2 is 1.71 bits per heavy atom. The minimum Gasteiger partial charge on any atom is -0.496 e. The molecule has 0 N–H and O–H groups in total. The number of ether oxygens (including phenoxy) is 1. The molecule has 0 atom stereocenters. The summed E-state index contributed by atoms with van der Waals surface area (Å²) in [5.74, 6) is 1.19. The van der Waals surface area contributed by atoms with E-state index >= 15 is 0 Å². The van der Waals surface area contributed by atoms with E-state index in [1.165, 1.54) is 17.2 Å². The van der Waals surface area contributed by atoms with E-state index < -0.39 is 11.9 Å². The molecule has 1 saturated heterocycles. The molecule has 0 saturated carbocycles. The zero-order valence-electron chi connectivity index (χ0n) is 16.1. The summed E-state index contributed by atoms with van der Waals surface area (Å²) in [7, 11) is 1.66. The number of hydrogen-bond acceptors (Lipinski definition) is 4. The molecule has 1 fully saturated rings. The molecule has 1 aliphatic rings. The lowest BCUT2D eigenvalue weighted by atomic mass is 10.0. The second-order valence-corrected chi connectivity index (χ2v) is 7.34. The molecule has 2 aromatic rings. The molecule has 0 radical (unpaired) electrons. The minimum atomic E-state index is -4.56. The largest absolute Gasteiger partial charge is 0.496 e. The Morgan fingerprint density at radius 1 is 1.04 bits per heavy atom. The van der Waals surface area contributed by atoms with Crippen LogP contribution in [0.2, 0.25) is 5.02 Å². The lowest BCUT2D eigenvalue weighted by Crippen LogP contribution is -2.46. The van der Waals surface area contributed by atoms with Crippen molar-refractivity contribution in [3.63, 3.8) is 0 Å². The Morgan fingerprint density at radius 3 is 2.32 bits per heavy atom. The van der Waals surface area contributed by atoms with Gasteiger partial charge in [-0.1, -0.05) is 17.7 Å². The van der Waals surface area contributed by atoms with Gasteiger partial charge >= 0.3 is 6.18 Å². The monoisotopic (exact) mass is 413 g/mol. The highest BCUT2D eigenvalue weighted by atomic mass is 35.5. The molecule has 1 aromatic heterocycles. The zero-order valence-corrected chi connectivity index (χ0v) is 16.9. The van der Waals surface area contributed by atoms with Crippen molar-refractivity contribution >= 4 is 17.4 Å². The van der Waals surface area contributed by atoms with Gasteiger partial charge in [-0.2, -0.15) is 13.2 Å². The standard InChI is InChI=1S/C20H23ClF3N3O/c1-13-14(2)17(28-3)6-4-15(13)12-26-8-10-27(11-9-26)18-7-5-16(21)19(25-18)20(22,23)24/h4-7H,8-12H2,1-3H3. The molecule has 0 spiro atoms. The third-order valence-electron chi connectivity index (χ3n) is 5.26. The molecule has 152 valence electrons. The molecule has 0 amide bonds. The minimum absolute atomic E-state index is 0.313. The van der Waals surface area contributed by atoms with Crippen LogP contribution in [0.15, 0.2) is 24.3 Å². The van der Waals surface area contributed by atoms with Gasteiger partial charge in [0.2, 0.25) is 0 Å². The van der Waals surface area contributed by atoms with Crippen LogP contribution in [0.25, 0.3) is 0 Å². The van der Waals surface area contributed by atoms with E-state index in [1.807, 2.05) is 17.9 Å². The lowest BCUT2D eigenvalue weighted by Gasteiger charge is -2.36. The highest BCUT2D eigenvalue weighted by Crippen LogP contribution is 2.34. The summed E-state index contributed by atoms with van der Waals surface area (Å²) < 4.78 is 44.5. The zero-order chi connectivity index (χ0) is 20.5. The van der Waals surface area contributed by atoms with Gasteiger partial charge in [-0.05, 0) is 48.7 Å². The molecule has 3 rings (SSSR count). The van der Waals surface area contributed by atoms with Crippen molar-refractivity contribution in [2.45, 2.75) is 26.6 Å². The highest BCUT2D eigenvalue weighted by molar-refractivity contribution is 6.31. The average Bonchev–Trinajstić information content (AvgIpc) is 2.66. The Kier molecular flexibility index (Phi) is 6.05. The number of anilines is 1. The normalized spacial score (nSPS) is 15.8. The van der Waals surface area contributed by atoms with Gasteiger partial charge in [0.25, 0.3) is 0 Å². The van der Waals surface area contributed by atoms with Crippen LogP contribution < -0.4 is 9.64 Å². The fraction of sp³-hybridized carbons (Fsp3) is 0.450. The maximum Gasteiger partial charge on any atom is 0.434 e. The van der Waals surface area contributed by atoms with Crippen molar-refractivity contribution < 1.29 is 17.9 Å². The average molecular weight is 414 g/mol. The van der Waals surface area contributed by atoms with Crippen LogP contribution in [0.5, 0.6) is 5.75 Å². The Labute approximate surface area is 167 Å². The number of halogens is 4. The third-order valence-corrected chi connectivity index (χ3v) is 5.56. The number of piperazine rings is 1. The first-order chi connectivity index (χ1) is 13.2. The van der Waals surface area contributed by atoms with E-state index in [0.717, 1.165) is 30.9 Å². The van der Waals surface area contributed by atoms with Crippen molar-refractivity contribution in [1.29, 1.82) is 0 Å². The Balaban J connectivity index is 1.66. The van der Waals surface area contributed by atoms with E-state index in [2.05, 4.69) is 22.9 Å². The van der Waals surface area contributed by atoms with E-state index in [9.17, 15) is 13.2 Å². The van der Waals surface area contributed by atoms with Crippen LogP contribution in [-0.4, -0.2) is 43.2 Å². The Bertz CT molecular complexity index is 849. The van der Waals surface area contributed by atoms with Crippen molar-refractivity contribution in [3.8, 4) is 5.75 Å². The number of pyridine rings is 1. The number of benzene rings is 1. The van der Waals surface area contributed by atoms with E-state index in [4.69, 9.17) is 16.3 Å². The molecule has 4 nitrogen and oxygen atoms in total. The van der Waals surface area contributed by atoms with Gasteiger partial charge in [-0.25, -0.2) is 4.98 Å². The van der Waals surface area contributed by atoms with Gasteiger partial charge < -0.3 is 9.64 Å². The number of alkyl halides is 3. The first kappa shape index (κ1) is 20.7. The molecule has 28 heavy (non-hydrogen) atoms. The molecule has 0 aliphatic carbocycles. The van der Waals surface area contributed by atoms with Crippen LogP contribution >= 0.6 is 11.6 Å². The van der Waals surface area contributed by atoms with Crippen molar-refractivity contribution in [2.24, 2.45) is 0 Å². The topological polar surface area (TPSA) is 28.6 Å². The number of methoxy groups -OCH3 is 1. The van der Waals surface area contributed by atoms with E-state index in [-0.39, 0.29) is 5.02 Å². The summed E-state index contributed by atoms with van der Waals surface area (Å²) >= 11 is 5.66. The summed E-state index contributed by atoms with van der Waals surface area (Å²) in [6, 6.07) is 6.86. The highest BCUT2D eigenvalue weighted by Gasteiger charge is 2.36. The molecule has 2 heterocycles. The van der Waals surface area contributed by atoms with Crippen LogP contribution in [0.1, 0.15) is 22.4 Å². The molecular formula is C20H23ClF3N3O. The van der Waals surface area contributed by atoms with Crippen molar-refractivity contribution in [2.75, 3.05) is 38.2 Å².